The van der Waals surface area contributed by atoms with E-state index in [0.29, 0.717) is 49.3 Å². The lowest BCUT2D eigenvalue weighted by atomic mass is 9.84. The number of rotatable bonds is 22. The summed E-state index contributed by atoms with van der Waals surface area (Å²) in [7, 11) is 0. The molecule has 5 amide bonds. The molecule has 4 atom stereocenters. The van der Waals surface area contributed by atoms with Gasteiger partial charge in [0.2, 0.25) is 29.5 Å². The summed E-state index contributed by atoms with van der Waals surface area (Å²) in [5.41, 5.74) is 17.9. The van der Waals surface area contributed by atoms with Crippen LogP contribution in [0.2, 0.25) is 0 Å². The average molecular weight is 1030 g/mol. The highest BCUT2D eigenvalue weighted by molar-refractivity contribution is 7.13. The molecule has 19 heteroatoms. The third kappa shape index (κ3) is 13.9. The lowest BCUT2D eigenvalue weighted by Gasteiger charge is -2.43. The number of nitrogens with two attached hydrogens (primary N) is 2. The van der Waals surface area contributed by atoms with Crippen LogP contribution in [0.4, 0.5) is 17.2 Å². The second-order valence-corrected chi connectivity index (χ2v) is 21.2. The van der Waals surface area contributed by atoms with E-state index in [1.807, 2.05) is 97.6 Å². The van der Waals surface area contributed by atoms with Gasteiger partial charge in [-0.3, -0.25) is 24.0 Å². The summed E-state index contributed by atoms with van der Waals surface area (Å²) in [4.78, 5) is 82.0. The summed E-state index contributed by atoms with van der Waals surface area (Å²) < 4.78 is 0. The minimum absolute atomic E-state index is 0.00764. The van der Waals surface area contributed by atoms with Crippen LogP contribution in [0.3, 0.4) is 0 Å². The number of nitrogen functional groups attached to an aromatic ring is 1. The SMILES string of the molecule is Cc1ncsc1-c1ccc(CNC(=O)C2CC(O)CN2C(=O)C(N(CCNC(=O)C2CN(c3cc(-c4ccccc4O)nnc3N)CCN2c2ccccc2)C(=O)CCCCCCCCC(N)=O)C(C)(C)C)cc1. The van der Waals surface area contributed by atoms with E-state index in [1.54, 1.807) is 46.6 Å². The summed E-state index contributed by atoms with van der Waals surface area (Å²) >= 11 is 1.56. The lowest BCUT2D eigenvalue weighted by molar-refractivity contribution is -0.153. The zero-order chi connectivity index (χ0) is 52.9. The molecule has 7 rings (SSSR count). The predicted octanol–water partition coefficient (Wildman–Crippen LogP) is 5.80. The number of nitrogens with zero attached hydrogens (tertiary/aromatic N) is 7. The normalized spacial score (nSPS) is 17.2. The van der Waals surface area contributed by atoms with Crippen molar-refractivity contribution in [1.82, 2.24) is 35.6 Å². The van der Waals surface area contributed by atoms with Crippen LogP contribution in [0.15, 0.2) is 90.4 Å². The number of unbranched alkanes of at least 4 members (excludes halogenated alkanes) is 5. The number of amides is 5. The van der Waals surface area contributed by atoms with Gasteiger partial charge in [-0.1, -0.05) is 101 Å². The molecule has 0 saturated carbocycles. The fourth-order valence-corrected chi connectivity index (χ4v) is 10.8. The topological polar surface area (TPSA) is 254 Å². The van der Waals surface area contributed by atoms with Crippen molar-refractivity contribution >= 4 is 58.1 Å². The highest BCUT2D eigenvalue weighted by Gasteiger charge is 2.47. The van der Waals surface area contributed by atoms with Crippen molar-refractivity contribution in [3.8, 4) is 27.4 Å². The largest absolute Gasteiger partial charge is 0.507 e. The summed E-state index contributed by atoms with van der Waals surface area (Å²) in [6.45, 7) is 8.85. The van der Waals surface area contributed by atoms with Crippen molar-refractivity contribution in [3.63, 3.8) is 0 Å². The zero-order valence-electron chi connectivity index (χ0n) is 42.9. The van der Waals surface area contributed by atoms with Crippen LogP contribution >= 0.6 is 11.3 Å². The van der Waals surface area contributed by atoms with Crippen LogP contribution in [0.25, 0.3) is 21.7 Å². The van der Waals surface area contributed by atoms with Crippen molar-refractivity contribution in [2.75, 3.05) is 54.8 Å². The number of piperazine rings is 1. The molecule has 4 unspecified atom stereocenters. The van der Waals surface area contributed by atoms with E-state index in [4.69, 9.17) is 11.5 Å². The van der Waals surface area contributed by atoms with Crippen LogP contribution in [0.5, 0.6) is 5.75 Å². The Morgan fingerprint density at radius 2 is 1.51 bits per heavy atom. The van der Waals surface area contributed by atoms with Gasteiger partial charge >= 0.3 is 0 Å². The van der Waals surface area contributed by atoms with E-state index < -0.39 is 41.5 Å². The number of phenols is 1. The number of aliphatic hydroxyl groups excluding tert-OH is 1. The number of primary amides is 1. The molecule has 18 nitrogen and oxygen atoms in total. The van der Waals surface area contributed by atoms with E-state index in [1.165, 1.54) is 4.90 Å². The van der Waals surface area contributed by atoms with E-state index in [2.05, 4.69) is 25.8 Å². The average Bonchev–Trinajstić information content (AvgIpc) is 4.01. The molecular formula is C55H71N11O7S. The monoisotopic (exact) mass is 1030 g/mol. The Bertz CT molecular complexity index is 2720. The number of aryl methyl sites for hydroxylation is 1. The number of thiazole rings is 1. The Kier molecular flexibility index (Phi) is 18.6. The van der Waals surface area contributed by atoms with E-state index in [-0.39, 0.29) is 74.9 Å². The van der Waals surface area contributed by atoms with Crippen molar-refractivity contribution in [1.29, 1.82) is 0 Å². The van der Waals surface area contributed by atoms with Crippen molar-refractivity contribution in [3.05, 3.63) is 102 Å². The van der Waals surface area contributed by atoms with Crippen LogP contribution < -0.4 is 31.9 Å². The van der Waals surface area contributed by atoms with Gasteiger partial charge in [0.1, 0.15) is 23.9 Å². The Morgan fingerprint density at radius 3 is 2.19 bits per heavy atom. The Morgan fingerprint density at radius 1 is 0.838 bits per heavy atom. The predicted molar refractivity (Wildman–Crippen MR) is 288 cm³/mol. The lowest BCUT2D eigenvalue weighted by Crippen LogP contribution is -2.61. The van der Waals surface area contributed by atoms with Gasteiger partial charge in [-0.05, 0) is 66.6 Å². The smallest absolute Gasteiger partial charge is 0.246 e. The number of carbonyl (C=O) groups is 5. The fourth-order valence-electron chi connectivity index (χ4n) is 9.96. The third-order valence-corrected chi connectivity index (χ3v) is 14.8. The van der Waals surface area contributed by atoms with E-state index >= 15 is 4.79 Å². The summed E-state index contributed by atoms with van der Waals surface area (Å²) in [5, 5.41) is 36.2. The number of β-amino-alcohol motifs (C(OH)–C–C–N with tert-alkyl or cyclic N) is 1. The number of hydrogen-bond acceptors (Lipinski definition) is 14. The fraction of sp³-hybridized carbons (Fsp3) is 0.455. The number of para-hydroxylation sites is 2. The summed E-state index contributed by atoms with van der Waals surface area (Å²) in [6, 6.07) is 23.3. The maximum atomic E-state index is 15.1. The molecule has 5 aromatic rings. The van der Waals surface area contributed by atoms with Gasteiger partial charge < -0.3 is 51.9 Å². The highest BCUT2D eigenvalue weighted by atomic mass is 32.1. The first-order chi connectivity index (χ1) is 35.5. The number of likely N-dealkylation sites (tertiary alicyclic amines) is 1. The Balaban J connectivity index is 1.08. The number of aliphatic hydroxyl groups is 1. The van der Waals surface area contributed by atoms with Gasteiger partial charge in [0.05, 0.1) is 33.6 Å². The van der Waals surface area contributed by atoms with Crippen molar-refractivity contribution in [2.24, 2.45) is 11.1 Å². The molecule has 2 saturated heterocycles. The van der Waals surface area contributed by atoms with E-state index in [0.717, 1.165) is 53.1 Å². The Hall–Kier alpha value is -7.12. The maximum Gasteiger partial charge on any atom is 0.246 e. The number of aromatic nitrogens is 3. The van der Waals surface area contributed by atoms with Crippen LogP contribution in [-0.2, 0) is 30.5 Å². The summed E-state index contributed by atoms with van der Waals surface area (Å²) in [5.74, 6) is -1.56. The molecule has 0 radical (unpaired) electrons. The molecule has 0 aliphatic carbocycles. The first-order valence-corrected chi connectivity index (χ1v) is 26.5. The third-order valence-electron chi connectivity index (χ3n) is 13.8. The maximum absolute atomic E-state index is 15.1. The van der Waals surface area contributed by atoms with Gasteiger partial charge in [0.15, 0.2) is 5.82 Å². The van der Waals surface area contributed by atoms with Crippen molar-refractivity contribution in [2.45, 2.75) is 116 Å². The van der Waals surface area contributed by atoms with Crippen LogP contribution in [0.1, 0.15) is 89.8 Å². The molecule has 74 heavy (non-hydrogen) atoms. The molecule has 0 spiro atoms. The van der Waals surface area contributed by atoms with Gasteiger partial charge in [-0.15, -0.1) is 21.5 Å². The van der Waals surface area contributed by atoms with E-state index in [9.17, 15) is 29.4 Å². The van der Waals surface area contributed by atoms with Crippen LogP contribution in [0, 0.1) is 12.3 Å². The highest BCUT2D eigenvalue weighted by Crippen LogP contribution is 2.34. The number of nitrogens with one attached hydrogen (secondary N) is 2. The molecule has 4 heterocycles. The minimum Gasteiger partial charge on any atom is -0.507 e. The number of carbonyl (C=O) groups excluding carboxylic acids is 5. The molecular weight excluding hydrogens is 959 g/mol. The molecule has 3 aromatic carbocycles. The van der Waals surface area contributed by atoms with Gasteiger partial charge in [-0.2, -0.15) is 0 Å². The Labute approximate surface area is 437 Å². The number of anilines is 3. The van der Waals surface area contributed by atoms with Crippen molar-refractivity contribution < 1.29 is 34.2 Å². The standard InChI is InChI=1S/C55H71N11O7S/c1-36-49(74-35-60-36)38-24-22-37(23-25-38)32-59-52(71)44-30-40(67)33-66(44)54(73)50(55(2,3)4)65(48(70)21-13-8-6-5-7-12-20-47(56)69)27-26-58-53(72)45-34-63(28-29-64(45)39-16-10-9-11-17-39)43-31-42(61-62-51(43)57)41-18-14-15-19-46(41)68/h9-11,14-19,22-25,31,35,40,44-45,50,67-68H,5-8,12-13,20-21,26-30,32-34H2,1-4H3,(H2,56,69)(H2,57,62)(H,58,72)(H,59,71). The summed E-state index contributed by atoms with van der Waals surface area (Å²) in [6.07, 6.45) is 4.19. The molecule has 0 bridgehead atoms. The first kappa shape index (κ1) is 54.6. The molecule has 2 fully saturated rings. The van der Waals surface area contributed by atoms with Gasteiger partial charge in [0.25, 0.3) is 0 Å². The molecule has 8 N–H and O–H groups in total. The number of hydrogen-bond donors (Lipinski definition) is 6. The minimum atomic E-state index is -1.06. The number of aromatic hydroxyl groups is 1. The van der Waals surface area contributed by atoms with Crippen LogP contribution in [-0.4, -0.2) is 128 Å². The zero-order valence-corrected chi connectivity index (χ0v) is 43.7. The number of benzene rings is 3. The number of phenolic OH excluding ortho intramolecular Hbond substituents is 1. The van der Waals surface area contributed by atoms with Gasteiger partial charge in [0, 0.05) is 76.3 Å². The molecule has 2 aromatic heterocycles. The molecule has 2 aliphatic rings. The molecule has 394 valence electrons. The van der Waals surface area contributed by atoms with Gasteiger partial charge in [-0.25, -0.2) is 4.98 Å². The quantitative estimate of drug-likeness (QED) is 0.0449. The second-order valence-electron chi connectivity index (χ2n) is 20.3. The molecule has 2 aliphatic heterocycles. The first-order valence-electron chi connectivity index (χ1n) is 25.6. The second kappa shape index (κ2) is 25.2.